The molecular formula is C15H24IN3O2. The van der Waals surface area contributed by atoms with E-state index in [9.17, 15) is 0 Å². The molecule has 118 valence electrons. The van der Waals surface area contributed by atoms with Gasteiger partial charge in [-0.25, -0.2) is 9.97 Å². The van der Waals surface area contributed by atoms with Crippen molar-refractivity contribution in [2.24, 2.45) is 5.92 Å². The average molecular weight is 405 g/mol. The Kier molecular flexibility index (Phi) is 5.79. The van der Waals surface area contributed by atoms with Gasteiger partial charge in [0.1, 0.15) is 11.4 Å². The lowest BCUT2D eigenvalue weighted by molar-refractivity contribution is -0.0599. The molecule has 6 heteroatoms. The molecule has 1 heterocycles. The van der Waals surface area contributed by atoms with Crippen molar-refractivity contribution in [1.29, 1.82) is 0 Å². The second-order valence-corrected chi connectivity index (χ2v) is 6.80. The summed E-state index contributed by atoms with van der Waals surface area (Å²) in [5, 5.41) is 3.15. The summed E-state index contributed by atoms with van der Waals surface area (Å²) in [7, 11) is 5.34. The van der Waals surface area contributed by atoms with Crippen LogP contribution in [0.1, 0.15) is 44.1 Å². The third-order valence-electron chi connectivity index (χ3n) is 4.32. The fraction of sp³-hybridized carbons (Fsp3) is 0.733. The van der Waals surface area contributed by atoms with Gasteiger partial charge in [0.2, 0.25) is 0 Å². The first kappa shape index (κ1) is 16.9. The van der Waals surface area contributed by atoms with Gasteiger partial charge in [0.25, 0.3) is 0 Å². The Morgan fingerprint density at radius 2 is 1.95 bits per heavy atom. The number of halogens is 1. The third kappa shape index (κ3) is 3.48. The molecule has 1 saturated carbocycles. The molecule has 1 fully saturated rings. The maximum Gasteiger partial charge on any atom is 0.163 e. The molecule has 21 heavy (non-hydrogen) atoms. The molecule has 1 aliphatic carbocycles. The Morgan fingerprint density at radius 3 is 2.48 bits per heavy atom. The second kappa shape index (κ2) is 7.19. The summed E-state index contributed by atoms with van der Waals surface area (Å²) < 4.78 is 12.2. The molecule has 1 N–H and O–H groups in total. The van der Waals surface area contributed by atoms with E-state index in [0.717, 1.165) is 52.5 Å². The van der Waals surface area contributed by atoms with E-state index in [1.165, 1.54) is 0 Å². The fourth-order valence-electron chi connectivity index (χ4n) is 2.84. The summed E-state index contributed by atoms with van der Waals surface area (Å²) in [6, 6.07) is 0. The molecule has 0 aliphatic heterocycles. The van der Waals surface area contributed by atoms with Crippen LogP contribution >= 0.6 is 22.6 Å². The quantitative estimate of drug-likeness (QED) is 0.762. The number of nitrogens with one attached hydrogen (secondary N) is 1. The van der Waals surface area contributed by atoms with E-state index < -0.39 is 0 Å². The molecule has 2 rings (SSSR count). The number of ether oxygens (including phenoxy) is 2. The lowest BCUT2D eigenvalue weighted by Gasteiger charge is -2.37. The lowest BCUT2D eigenvalue weighted by Crippen LogP contribution is -2.36. The van der Waals surface area contributed by atoms with Gasteiger partial charge in [0.05, 0.1) is 15.9 Å². The van der Waals surface area contributed by atoms with Gasteiger partial charge in [-0.1, -0.05) is 6.92 Å². The number of hydrogen-bond acceptors (Lipinski definition) is 5. The van der Waals surface area contributed by atoms with Gasteiger partial charge in [0, 0.05) is 21.3 Å². The summed E-state index contributed by atoms with van der Waals surface area (Å²) in [4.78, 5) is 9.47. The number of methoxy groups -OCH3 is 2. The Morgan fingerprint density at radius 1 is 1.29 bits per heavy atom. The van der Waals surface area contributed by atoms with Crippen LogP contribution in [0.25, 0.3) is 0 Å². The second-order valence-electron chi connectivity index (χ2n) is 5.72. The van der Waals surface area contributed by atoms with E-state index in [1.807, 2.05) is 7.05 Å². The highest BCUT2D eigenvalue weighted by atomic mass is 127. The number of hydrogen-bond donors (Lipinski definition) is 1. The molecule has 0 saturated heterocycles. The predicted molar refractivity (Wildman–Crippen MR) is 91.3 cm³/mol. The topological polar surface area (TPSA) is 56.3 Å². The van der Waals surface area contributed by atoms with Crippen molar-refractivity contribution < 1.29 is 9.47 Å². The van der Waals surface area contributed by atoms with Gasteiger partial charge in [0.15, 0.2) is 5.82 Å². The van der Waals surface area contributed by atoms with Crippen LogP contribution in [-0.2, 0) is 21.7 Å². The summed E-state index contributed by atoms with van der Waals surface area (Å²) in [5.74, 6) is 2.38. The van der Waals surface area contributed by atoms with E-state index in [2.05, 4.69) is 34.8 Å². The number of anilines is 1. The minimum Gasteiger partial charge on any atom is -0.378 e. The molecule has 0 aromatic carbocycles. The van der Waals surface area contributed by atoms with Crippen molar-refractivity contribution in [1.82, 2.24) is 9.97 Å². The molecule has 0 atom stereocenters. The SMILES string of the molecule is CNc1nc(C2(OC)CCC(C)CC2)nc(COC)c1I. The average Bonchev–Trinajstić information content (AvgIpc) is 2.51. The largest absolute Gasteiger partial charge is 0.378 e. The van der Waals surface area contributed by atoms with Crippen LogP contribution < -0.4 is 5.32 Å². The van der Waals surface area contributed by atoms with Gasteiger partial charge in [-0.2, -0.15) is 0 Å². The van der Waals surface area contributed by atoms with Crippen molar-refractivity contribution in [3.8, 4) is 0 Å². The minimum atomic E-state index is -0.356. The van der Waals surface area contributed by atoms with Gasteiger partial charge in [-0.3, -0.25) is 0 Å². The highest BCUT2D eigenvalue weighted by molar-refractivity contribution is 14.1. The number of nitrogens with zero attached hydrogens (tertiary/aromatic N) is 2. The van der Waals surface area contributed by atoms with Crippen LogP contribution in [-0.4, -0.2) is 31.2 Å². The molecule has 5 nitrogen and oxygen atoms in total. The van der Waals surface area contributed by atoms with Crippen molar-refractivity contribution in [3.05, 3.63) is 15.1 Å². The zero-order chi connectivity index (χ0) is 15.5. The molecule has 0 spiro atoms. The maximum atomic E-state index is 5.89. The maximum absolute atomic E-state index is 5.89. The molecule has 0 bridgehead atoms. The van der Waals surface area contributed by atoms with Crippen LogP contribution in [0.2, 0.25) is 0 Å². The molecule has 0 unspecified atom stereocenters. The van der Waals surface area contributed by atoms with E-state index in [-0.39, 0.29) is 5.60 Å². The monoisotopic (exact) mass is 405 g/mol. The molecule has 1 aromatic heterocycles. The summed E-state index contributed by atoms with van der Waals surface area (Å²) in [5.41, 5.74) is 0.563. The van der Waals surface area contributed by atoms with E-state index >= 15 is 0 Å². The molecule has 1 aromatic rings. The minimum absolute atomic E-state index is 0.356. The Labute approximate surface area is 140 Å². The normalized spacial score (nSPS) is 25.9. The zero-order valence-corrected chi connectivity index (χ0v) is 15.4. The summed E-state index contributed by atoms with van der Waals surface area (Å²) >= 11 is 2.26. The van der Waals surface area contributed by atoms with Gasteiger partial charge >= 0.3 is 0 Å². The lowest BCUT2D eigenvalue weighted by atomic mass is 9.79. The smallest absolute Gasteiger partial charge is 0.163 e. The summed E-state index contributed by atoms with van der Waals surface area (Å²) in [6.07, 6.45) is 4.25. The van der Waals surface area contributed by atoms with Crippen molar-refractivity contribution in [2.75, 3.05) is 26.6 Å². The Balaban J connectivity index is 2.43. The standard InChI is InChI=1S/C15H24IN3O2/c1-10-5-7-15(21-4,8-6-10)14-18-11(9-20-3)12(16)13(17-2)19-14/h10H,5-9H2,1-4H3,(H,17,18,19). The van der Waals surface area contributed by atoms with E-state index in [4.69, 9.17) is 19.4 Å². The molecule has 0 radical (unpaired) electrons. The Bertz CT molecular complexity index is 488. The van der Waals surface area contributed by atoms with Crippen molar-refractivity contribution in [2.45, 2.75) is 44.8 Å². The van der Waals surface area contributed by atoms with Crippen molar-refractivity contribution >= 4 is 28.4 Å². The highest BCUT2D eigenvalue weighted by Gasteiger charge is 2.39. The Hall–Kier alpha value is -0.470. The third-order valence-corrected chi connectivity index (χ3v) is 5.45. The van der Waals surface area contributed by atoms with Gasteiger partial charge < -0.3 is 14.8 Å². The first-order valence-electron chi connectivity index (χ1n) is 7.35. The van der Waals surface area contributed by atoms with Gasteiger partial charge in [-0.15, -0.1) is 0 Å². The van der Waals surface area contributed by atoms with Gasteiger partial charge in [-0.05, 0) is 54.2 Å². The van der Waals surface area contributed by atoms with Crippen LogP contribution in [0.3, 0.4) is 0 Å². The number of rotatable bonds is 5. The zero-order valence-electron chi connectivity index (χ0n) is 13.2. The van der Waals surface area contributed by atoms with E-state index in [0.29, 0.717) is 6.61 Å². The van der Waals surface area contributed by atoms with Crippen LogP contribution in [0, 0.1) is 9.49 Å². The molecular weight excluding hydrogens is 381 g/mol. The molecule has 0 amide bonds. The van der Waals surface area contributed by atoms with Crippen molar-refractivity contribution in [3.63, 3.8) is 0 Å². The summed E-state index contributed by atoms with van der Waals surface area (Å²) in [6.45, 7) is 2.78. The number of aromatic nitrogens is 2. The first-order chi connectivity index (χ1) is 10.1. The van der Waals surface area contributed by atoms with E-state index in [1.54, 1.807) is 14.2 Å². The molecule has 1 aliphatic rings. The van der Waals surface area contributed by atoms with Crippen LogP contribution in [0.4, 0.5) is 5.82 Å². The first-order valence-corrected chi connectivity index (χ1v) is 8.43. The van der Waals surface area contributed by atoms with Crippen LogP contribution in [0.5, 0.6) is 0 Å². The predicted octanol–water partition coefficient (Wildman–Crippen LogP) is 3.32. The van der Waals surface area contributed by atoms with Crippen LogP contribution in [0.15, 0.2) is 0 Å². The fourth-order valence-corrected chi connectivity index (χ4v) is 3.51. The highest BCUT2D eigenvalue weighted by Crippen LogP contribution is 2.41.